The van der Waals surface area contributed by atoms with E-state index in [0.717, 1.165) is 32.1 Å². The number of halogens is 2. The van der Waals surface area contributed by atoms with E-state index in [0.29, 0.717) is 10.6 Å². The molecule has 0 unspecified atom stereocenters. The molecule has 1 saturated carbocycles. The molecule has 0 atom stereocenters. The van der Waals surface area contributed by atoms with Crippen molar-refractivity contribution in [3.05, 3.63) is 34.6 Å². The number of Topliss-reactive ketones (excluding diaryl/α,β-unsaturated/α-hetero) is 1. The van der Waals surface area contributed by atoms with Crippen molar-refractivity contribution >= 4 is 17.4 Å². The van der Waals surface area contributed by atoms with E-state index in [1.165, 1.54) is 6.07 Å². The van der Waals surface area contributed by atoms with Gasteiger partial charge >= 0.3 is 0 Å². The van der Waals surface area contributed by atoms with Gasteiger partial charge in [0.2, 0.25) is 0 Å². The third-order valence-corrected chi connectivity index (χ3v) is 4.58. The van der Waals surface area contributed by atoms with Gasteiger partial charge in [-0.1, -0.05) is 37.4 Å². The van der Waals surface area contributed by atoms with Gasteiger partial charge in [0, 0.05) is 22.4 Å². The lowest BCUT2D eigenvalue weighted by Crippen LogP contribution is -2.29. The minimum absolute atomic E-state index is 0.124. The number of carbonyl (C=O) groups excluding carboxylic acids is 1. The normalized spacial score (nSPS) is 17.9. The zero-order valence-corrected chi connectivity index (χ0v) is 11.4. The highest BCUT2D eigenvalue weighted by molar-refractivity contribution is 6.31. The SMILES string of the molecule is CCC1(C(=O)Cc2c(F)cccc2Cl)CCCC1. The first-order valence-electron chi connectivity index (χ1n) is 6.55. The van der Waals surface area contributed by atoms with Crippen LogP contribution >= 0.6 is 11.6 Å². The van der Waals surface area contributed by atoms with Crippen LogP contribution in [0, 0.1) is 11.2 Å². The van der Waals surface area contributed by atoms with Gasteiger partial charge in [-0.05, 0) is 31.4 Å². The Morgan fingerprint density at radius 1 is 1.39 bits per heavy atom. The van der Waals surface area contributed by atoms with Crippen LogP contribution in [0.1, 0.15) is 44.6 Å². The molecule has 0 spiro atoms. The number of benzene rings is 1. The van der Waals surface area contributed by atoms with Crippen LogP contribution in [-0.4, -0.2) is 5.78 Å². The van der Waals surface area contributed by atoms with Crippen LogP contribution in [0.25, 0.3) is 0 Å². The van der Waals surface area contributed by atoms with Crippen LogP contribution in [0.5, 0.6) is 0 Å². The number of hydrogen-bond acceptors (Lipinski definition) is 1. The van der Waals surface area contributed by atoms with Crippen molar-refractivity contribution in [2.75, 3.05) is 0 Å². The average Bonchev–Trinajstić information content (AvgIpc) is 2.84. The molecule has 0 amide bonds. The van der Waals surface area contributed by atoms with Crippen LogP contribution in [0.2, 0.25) is 5.02 Å². The summed E-state index contributed by atoms with van der Waals surface area (Å²) < 4.78 is 13.7. The molecule has 1 fully saturated rings. The maximum Gasteiger partial charge on any atom is 0.143 e. The molecule has 1 nitrogen and oxygen atoms in total. The smallest absolute Gasteiger partial charge is 0.143 e. The maximum absolute atomic E-state index is 13.7. The summed E-state index contributed by atoms with van der Waals surface area (Å²) in [6.45, 7) is 2.05. The Hall–Kier alpha value is -0.890. The zero-order chi connectivity index (χ0) is 13.2. The molecular weight excluding hydrogens is 251 g/mol. The Labute approximate surface area is 112 Å². The van der Waals surface area contributed by atoms with Gasteiger partial charge in [0.1, 0.15) is 11.6 Å². The van der Waals surface area contributed by atoms with Crippen LogP contribution in [-0.2, 0) is 11.2 Å². The highest BCUT2D eigenvalue weighted by Crippen LogP contribution is 2.42. The van der Waals surface area contributed by atoms with E-state index in [4.69, 9.17) is 11.6 Å². The molecule has 98 valence electrons. The first kappa shape index (κ1) is 13.5. The van der Waals surface area contributed by atoms with Gasteiger partial charge in [-0.3, -0.25) is 4.79 Å². The second-order valence-electron chi connectivity index (χ2n) is 5.14. The third kappa shape index (κ3) is 2.44. The minimum atomic E-state index is -0.375. The molecule has 0 saturated heterocycles. The van der Waals surface area contributed by atoms with Crippen LogP contribution in [0.3, 0.4) is 0 Å². The summed E-state index contributed by atoms with van der Waals surface area (Å²) in [5.41, 5.74) is 0.120. The Bertz CT molecular complexity index is 430. The number of hydrogen-bond donors (Lipinski definition) is 0. The largest absolute Gasteiger partial charge is 0.299 e. The molecule has 18 heavy (non-hydrogen) atoms. The van der Waals surface area contributed by atoms with Gasteiger partial charge in [-0.2, -0.15) is 0 Å². The molecule has 3 heteroatoms. The van der Waals surface area contributed by atoms with E-state index in [1.54, 1.807) is 12.1 Å². The molecule has 0 radical (unpaired) electrons. The summed E-state index contributed by atoms with van der Waals surface area (Å²) in [4.78, 5) is 12.4. The fourth-order valence-electron chi connectivity index (χ4n) is 2.93. The Balaban J connectivity index is 2.21. The summed E-state index contributed by atoms with van der Waals surface area (Å²) in [6.07, 6.45) is 5.05. The van der Waals surface area contributed by atoms with E-state index >= 15 is 0 Å². The molecule has 0 heterocycles. The van der Waals surface area contributed by atoms with E-state index in [1.807, 2.05) is 6.92 Å². The fraction of sp³-hybridized carbons (Fsp3) is 0.533. The topological polar surface area (TPSA) is 17.1 Å². The van der Waals surface area contributed by atoms with Crippen molar-refractivity contribution in [3.63, 3.8) is 0 Å². The van der Waals surface area contributed by atoms with Crippen molar-refractivity contribution in [3.8, 4) is 0 Å². The van der Waals surface area contributed by atoms with E-state index < -0.39 is 0 Å². The van der Waals surface area contributed by atoms with Gasteiger partial charge in [-0.15, -0.1) is 0 Å². The highest BCUT2D eigenvalue weighted by Gasteiger charge is 2.39. The fourth-order valence-corrected chi connectivity index (χ4v) is 3.16. The minimum Gasteiger partial charge on any atom is -0.299 e. The predicted molar refractivity (Wildman–Crippen MR) is 71.3 cm³/mol. The Kier molecular flexibility index (Phi) is 4.06. The van der Waals surface area contributed by atoms with Crippen LogP contribution in [0.15, 0.2) is 18.2 Å². The molecule has 0 N–H and O–H groups in total. The van der Waals surface area contributed by atoms with Crippen molar-refractivity contribution in [1.29, 1.82) is 0 Å². The molecule has 2 rings (SSSR count). The summed E-state index contributed by atoms with van der Waals surface area (Å²) >= 11 is 5.98. The van der Waals surface area contributed by atoms with Gasteiger partial charge in [-0.25, -0.2) is 4.39 Å². The summed E-state index contributed by atoms with van der Waals surface area (Å²) in [5.74, 6) is -0.227. The monoisotopic (exact) mass is 268 g/mol. The predicted octanol–water partition coefficient (Wildman–Crippen LogP) is 4.56. The summed E-state index contributed by atoms with van der Waals surface area (Å²) in [5, 5.41) is 0.354. The standard InChI is InChI=1S/C15H18ClFO/c1-2-15(8-3-4-9-15)14(18)10-11-12(16)6-5-7-13(11)17/h5-7H,2-4,8-10H2,1H3. The quantitative estimate of drug-likeness (QED) is 0.782. The number of carbonyl (C=O) groups is 1. The molecule has 1 aliphatic rings. The molecule has 0 aromatic heterocycles. The van der Waals surface area contributed by atoms with Gasteiger partial charge in [0.05, 0.1) is 0 Å². The molecule has 0 bridgehead atoms. The molecule has 0 aliphatic heterocycles. The van der Waals surface area contributed by atoms with Crippen LogP contribution < -0.4 is 0 Å². The van der Waals surface area contributed by atoms with Gasteiger partial charge in [0.15, 0.2) is 0 Å². The molecular formula is C15H18ClFO. The van der Waals surface area contributed by atoms with Crippen molar-refractivity contribution in [2.24, 2.45) is 5.41 Å². The Morgan fingerprint density at radius 2 is 2.06 bits per heavy atom. The second kappa shape index (κ2) is 5.40. The lowest BCUT2D eigenvalue weighted by molar-refractivity contribution is -0.128. The summed E-state index contributed by atoms with van der Waals surface area (Å²) in [6, 6.07) is 4.57. The zero-order valence-electron chi connectivity index (χ0n) is 10.6. The average molecular weight is 269 g/mol. The lowest BCUT2D eigenvalue weighted by Gasteiger charge is -2.26. The lowest BCUT2D eigenvalue weighted by atomic mass is 9.77. The second-order valence-corrected chi connectivity index (χ2v) is 5.55. The first-order valence-corrected chi connectivity index (χ1v) is 6.93. The van der Waals surface area contributed by atoms with E-state index in [9.17, 15) is 9.18 Å². The highest BCUT2D eigenvalue weighted by atomic mass is 35.5. The molecule has 1 aromatic carbocycles. The van der Waals surface area contributed by atoms with Gasteiger partial charge in [0.25, 0.3) is 0 Å². The molecule has 1 aromatic rings. The maximum atomic E-state index is 13.7. The Morgan fingerprint density at radius 3 is 2.61 bits per heavy atom. The van der Waals surface area contributed by atoms with Gasteiger partial charge < -0.3 is 0 Å². The summed E-state index contributed by atoms with van der Waals surface area (Å²) in [7, 11) is 0. The third-order valence-electron chi connectivity index (χ3n) is 4.23. The number of ketones is 1. The van der Waals surface area contributed by atoms with E-state index in [2.05, 4.69) is 0 Å². The first-order chi connectivity index (χ1) is 8.59. The van der Waals surface area contributed by atoms with Crippen molar-refractivity contribution in [1.82, 2.24) is 0 Å². The van der Waals surface area contributed by atoms with E-state index in [-0.39, 0.29) is 23.4 Å². The number of rotatable bonds is 4. The van der Waals surface area contributed by atoms with Crippen LogP contribution in [0.4, 0.5) is 4.39 Å². The van der Waals surface area contributed by atoms with Crippen molar-refractivity contribution in [2.45, 2.75) is 45.4 Å². The molecule has 1 aliphatic carbocycles. The van der Waals surface area contributed by atoms with Crippen molar-refractivity contribution < 1.29 is 9.18 Å².